The Morgan fingerprint density at radius 2 is 1.89 bits per heavy atom. The molecule has 2 aliphatic rings. The van der Waals surface area contributed by atoms with E-state index in [1.54, 1.807) is 6.07 Å². The highest BCUT2D eigenvalue weighted by atomic mass is 19.1. The van der Waals surface area contributed by atoms with Gasteiger partial charge in [0.15, 0.2) is 6.29 Å². The van der Waals surface area contributed by atoms with Crippen LogP contribution in [0.3, 0.4) is 0 Å². The van der Waals surface area contributed by atoms with E-state index in [1.807, 2.05) is 12.1 Å². The number of hydrogen-bond acceptors (Lipinski definition) is 3. The highest BCUT2D eigenvalue weighted by Crippen LogP contribution is 2.39. The molecule has 0 aromatic heterocycles. The monoisotopic (exact) mass is 385 g/mol. The summed E-state index contributed by atoms with van der Waals surface area (Å²) in [6.45, 7) is 3.70. The van der Waals surface area contributed by atoms with Crippen LogP contribution in [0.15, 0.2) is 30.4 Å². The molecule has 28 heavy (non-hydrogen) atoms. The van der Waals surface area contributed by atoms with Gasteiger partial charge in [-0.2, -0.15) is 5.26 Å². The lowest BCUT2D eigenvalue weighted by atomic mass is 9.78. The number of halogens is 1. The number of benzene rings is 1. The van der Waals surface area contributed by atoms with Gasteiger partial charge in [-0.05, 0) is 75.5 Å². The molecule has 1 aliphatic carbocycles. The van der Waals surface area contributed by atoms with Crippen molar-refractivity contribution in [1.29, 1.82) is 5.26 Å². The zero-order chi connectivity index (χ0) is 19.8. The molecule has 0 unspecified atom stereocenters. The van der Waals surface area contributed by atoms with E-state index in [2.05, 4.69) is 19.1 Å². The average molecular weight is 386 g/mol. The second-order valence-corrected chi connectivity index (χ2v) is 8.22. The van der Waals surface area contributed by atoms with Gasteiger partial charge < -0.3 is 9.47 Å². The molecule has 0 bridgehead atoms. The Bertz CT molecular complexity index is 680. The van der Waals surface area contributed by atoms with E-state index in [-0.39, 0.29) is 11.9 Å². The van der Waals surface area contributed by atoms with Crippen LogP contribution in [0.1, 0.15) is 75.3 Å². The molecule has 1 saturated carbocycles. The summed E-state index contributed by atoms with van der Waals surface area (Å²) in [5.41, 5.74) is 1.14. The molecular weight excluding hydrogens is 353 g/mol. The van der Waals surface area contributed by atoms with Gasteiger partial charge in [0.1, 0.15) is 11.9 Å². The van der Waals surface area contributed by atoms with Crippen LogP contribution in [0.5, 0.6) is 0 Å². The minimum absolute atomic E-state index is 0.0714. The summed E-state index contributed by atoms with van der Waals surface area (Å²) in [6, 6.07) is 6.93. The Hall–Kier alpha value is -1.70. The van der Waals surface area contributed by atoms with Crippen LogP contribution in [0.4, 0.5) is 4.39 Å². The van der Waals surface area contributed by atoms with Crippen molar-refractivity contribution < 1.29 is 13.9 Å². The van der Waals surface area contributed by atoms with Gasteiger partial charge in [0, 0.05) is 11.8 Å². The van der Waals surface area contributed by atoms with Crippen LogP contribution in [0.2, 0.25) is 0 Å². The number of hydrogen-bond donors (Lipinski definition) is 0. The number of unbranched alkanes of at least 4 members (excludes halogenated alkanes) is 2. The predicted molar refractivity (Wildman–Crippen MR) is 108 cm³/mol. The summed E-state index contributed by atoms with van der Waals surface area (Å²) in [6.07, 6.45) is 13.2. The minimum Gasteiger partial charge on any atom is -0.352 e. The maximum atomic E-state index is 13.9. The summed E-state index contributed by atoms with van der Waals surface area (Å²) in [5, 5.41) is 8.88. The van der Waals surface area contributed by atoms with E-state index in [0.717, 1.165) is 44.5 Å². The van der Waals surface area contributed by atoms with Crippen LogP contribution in [0, 0.1) is 29.0 Å². The largest absolute Gasteiger partial charge is 0.352 e. The van der Waals surface area contributed by atoms with Crippen molar-refractivity contribution in [2.24, 2.45) is 11.8 Å². The highest BCUT2D eigenvalue weighted by molar-refractivity contribution is 5.34. The van der Waals surface area contributed by atoms with Crippen LogP contribution in [-0.2, 0) is 9.47 Å². The van der Waals surface area contributed by atoms with Gasteiger partial charge >= 0.3 is 0 Å². The number of rotatable bonds is 7. The Balaban J connectivity index is 1.39. The molecule has 0 N–H and O–H groups in total. The van der Waals surface area contributed by atoms with Gasteiger partial charge in [-0.15, -0.1) is 0 Å². The fourth-order valence-electron chi connectivity index (χ4n) is 4.46. The third kappa shape index (κ3) is 5.65. The van der Waals surface area contributed by atoms with Gasteiger partial charge in [0.25, 0.3) is 0 Å². The molecule has 0 radical (unpaired) electrons. The number of allylic oxidation sites excluding steroid dienone is 2. The molecule has 1 heterocycles. The molecule has 1 saturated heterocycles. The fraction of sp³-hybridized carbons (Fsp3) is 0.625. The molecule has 1 aromatic carbocycles. The van der Waals surface area contributed by atoms with Crippen LogP contribution >= 0.6 is 0 Å². The Labute approximate surface area is 168 Å². The molecule has 4 heteroatoms. The van der Waals surface area contributed by atoms with Crippen LogP contribution in [-0.4, -0.2) is 19.5 Å². The first-order chi connectivity index (χ1) is 13.7. The zero-order valence-electron chi connectivity index (χ0n) is 16.9. The summed E-state index contributed by atoms with van der Waals surface area (Å²) in [4.78, 5) is 0. The molecule has 3 rings (SSSR count). The van der Waals surface area contributed by atoms with E-state index < -0.39 is 5.82 Å². The lowest BCUT2D eigenvalue weighted by Gasteiger charge is -2.37. The number of nitriles is 1. The minimum atomic E-state index is -0.405. The van der Waals surface area contributed by atoms with Gasteiger partial charge in [-0.3, -0.25) is 0 Å². The SMILES string of the molecule is CC=CCCCCC1COC(C2CCC(c3ccc(C#N)c(F)c3)CC2)OC1. The number of nitrogens with zero attached hydrogens (tertiary/aromatic N) is 1. The van der Waals surface area contributed by atoms with E-state index in [9.17, 15) is 4.39 Å². The van der Waals surface area contributed by atoms with Gasteiger partial charge in [-0.25, -0.2) is 4.39 Å². The molecule has 3 nitrogen and oxygen atoms in total. The zero-order valence-corrected chi connectivity index (χ0v) is 16.9. The van der Waals surface area contributed by atoms with Crippen LogP contribution in [0.25, 0.3) is 0 Å². The molecule has 0 spiro atoms. The number of ether oxygens (including phenoxy) is 2. The molecular formula is C24H32FNO2. The van der Waals surface area contributed by atoms with E-state index in [0.29, 0.717) is 17.8 Å². The average Bonchev–Trinajstić information content (AvgIpc) is 2.74. The molecule has 1 aliphatic heterocycles. The van der Waals surface area contributed by atoms with Crippen molar-refractivity contribution in [3.05, 3.63) is 47.3 Å². The second kappa shape index (κ2) is 10.7. The first-order valence-corrected chi connectivity index (χ1v) is 10.7. The lowest BCUT2D eigenvalue weighted by molar-refractivity contribution is -0.229. The first kappa shape index (κ1) is 21.0. The molecule has 0 atom stereocenters. The first-order valence-electron chi connectivity index (χ1n) is 10.7. The van der Waals surface area contributed by atoms with E-state index in [1.165, 1.54) is 31.7 Å². The Kier molecular flexibility index (Phi) is 8.06. The maximum absolute atomic E-state index is 13.9. The fourth-order valence-corrected chi connectivity index (χ4v) is 4.46. The van der Waals surface area contributed by atoms with E-state index in [4.69, 9.17) is 14.7 Å². The van der Waals surface area contributed by atoms with Crippen molar-refractivity contribution in [2.75, 3.05) is 13.2 Å². The maximum Gasteiger partial charge on any atom is 0.160 e. The second-order valence-electron chi connectivity index (χ2n) is 8.22. The highest BCUT2D eigenvalue weighted by Gasteiger charge is 2.32. The van der Waals surface area contributed by atoms with Gasteiger partial charge in [-0.1, -0.05) is 24.6 Å². The predicted octanol–water partition coefficient (Wildman–Crippen LogP) is 6.10. The van der Waals surface area contributed by atoms with Crippen molar-refractivity contribution in [3.8, 4) is 6.07 Å². The molecule has 2 fully saturated rings. The van der Waals surface area contributed by atoms with Crippen molar-refractivity contribution in [1.82, 2.24) is 0 Å². The smallest absolute Gasteiger partial charge is 0.160 e. The molecule has 152 valence electrons. The quantitative estimate of drug-likeness (QED) is 0.421. The summed E-state index contributed by atoms with van der Waals surface area (Å²) in [7, 11) is 0. The van der Waals surface area contributed by atoms with Crippen molar-refractivity contribution in [2.45, 2.75) is 70.5 Å². The third-order valence-electron chi connectivity index (χ3n) is 6.20. The Morgan fingerprint density at radius 1 is 1.14 bits per heavy atom. The standard InChI is InChI=1S/C24H32FNO2/c1-2-3-4-5-6-7-18-16-27-24(28-17-18)20-10-8-19(9-11-20)21-12-13-22(15-26)23(25)14-21/h2-3,12-14,18-20,24H,4-11,16-17H2,1H3. The van der Waals surface area contributed by atoms with Gasteiger partial charge in [0.2, 0.25) is 0 Å². The normalized spacial score (nSPS) is 28.3. The summed E-state index contributed by atoms with van der Waals surface area (Å²) < 4.78 is 26.0. The molecule has 1 aromatic rings. The topological polar surface area (TPSA) is 42.2 Å². The van der Waals surface area contributed by atoms with E-state index >= 15 is 0 Å². The third-order valence-corrected chi connectivity index (χ3v) is 6.20. The summed E-state index contributed by atoms with van der Waals surface area (Å²) >= 11 is 0. The Morgan fingerprint density at radius 3 is 2.54 bits per heavy atom. The lowest BCUT2D eigenvalue weighted by Crippen LogP contribution is -2.38. The summed E-state index contributed by atoms with van der Waals surface area (Å²) in [5.74, 6) is 0.930. The van der Waals surface area contributed by atoms with Crippen LogP contribution < -0.4 is 0 Å². The molecule has 0 amide bonds. The van der Waals surface area contributed by atoms with Gasteiger partial charge in [0.05, 0.1) is 18.8 Å². The van der Waals surface area contributed by atoms with Crippen molar-refractivity contribution in [3.63, 3.8) is 0 Å². The van der Waals surface area contributed by atoms with Crippen molar-refractivity contribution >= 4 is 0 Å².